The smallest absolute Gasteiger partial charge is 0.225 e. The number of Topliss-reactive ketones (excluding diaryl/α,β-unsaturated/α-hetero) is 1. The van der Waals surface area contributed by atoms with Gasteiger partial charge in [-0.15, -0.1) is 0 Å². The van der Waals surface area contributed by atoms with Crippen LogP contribution < -0.4 is 4.90 Å². The van der Waals surface area contributed by atoms with Gasteiger partial charge in [0, 0.05) is 44.2 Å². The number of carbonyl (C=O) groups is 2. The summed E-state index contributed by atoms with van der Waals surface area (Å²) >= 11 is 0. The average Bonchev–Trinajstić information content (AvgIpc) is 2.48. The Hall–Kier alpha value is -1.91. The molecule has 5 heteroatoms. The molecule has 1 amide bonds. The van der Waals surface area contributed by atoms with E-state index in [1.54, 1.807) is 24.0 Å². The number of hydrogen-bond acceptors (Lipinski definition) is 3. The number of hydrogen-bond donors (Lipinski definition) is 0. The second-order valence-corrected chi connectivity index (χ2v) is 6.05. The van der Waals surface area contributed by atoms with Crippen LogP contribution in [0.4, 0.5) is 10.1 Å². The first kappa shape index (κ1) is 16.5. The minimum Gasteiger partial charge on any atom is -0.368 e. The van der Waals surface area contributed by atoms with Crippen molar-refractivity contribution in [1.29, 1.82) is 0 Å². The highest BCUT2D eigenvalue weighted by Crippen LogP contribution is 2.23. The number of piperazine rings is 1. The highest BCUT2D eigenvalue weighted by Gasteiger charge is 2.26. The van der Waals surface area contributed by atoms with Crippen LogP contribution >= 0.6 is 0 Å². The summed E-state index contributed by atoms with van der Waals surface area (Å²) in [6.45, 7) is 7.85. The van der Waals surface area contributed by atoms with Crippen molar-refractivity contribution < 1.29 is 14.0 Å². The van der Waals surface area contributed by atoms with Crippen LogP contribution in [0.15, 0.2) is 18.2 Å². The first-order chi connectivity index (χ1) is 10.4. The lowest BCUT2D eigenvalue weighted by atomic mass is 10.0. The number of aryl methyl sites for hydroxylation is 1. The molecule has 0 spiro atoms. The summed E-state index contributed by atoms with van der Waals surface area (Å²) in [5, 5.41) is 0. The normalized spacial score (nSPS) is 16.5. The van der Waals surface area contributed by atoms with Crippen molar-refractivity contribution in [2.75, 3.05) is 31.1 Å². The van der Waals surface area contributed by atoms with Crippen LogP contribution in [0, 0.1) is 18.7 Å². The minimum atomic E-state index is -0.264. The van der Waals surface area contributed by atoms with Gasteiger partial charge in [-0.2, -0.15) is 0 Å². The van der Waals surface area contributed by atoms with Crippen LogP contribution in [-0.2, 0) is 9.59 Å². The first-order valence-electron chi connectivity index (χ1n) is 7.68. The van der Waals surface area contributed by atoms with E-state index in [2.05, 4.69) is 4.90 Å². The molecular formula is C17H23FN2O2. The van der Waals surface area contributed by atoms with Crippen LogP contribution in [0.2, 0.25) is 0 Å². The predicted octanol–water partition coefficient (Wildman–Crippen LogP) is 2.40. The van der Waals surface area contributed by atoms with Gasteiger partial charge in [0.1, 0.15) is 11.6 Å². The Morgan fingerprint density at radius 3 is 2.45 bits per heavy atom. The monoisotopic (exact) mass is 306 g/mol. The Labute approximate surface area is 130 Å². The topological polar surface area (TPSA) is 40.6 Å². The van der Waals surface area contributed by atoms with Gasteiger partial charge in [-0.25, -0.2) is 4.39 Å². The van der Waals surface area contributed by atoms with Crippen LogP contribution in [0.1, 0.15) is 25.8 Å². The van der Waals surface area contributed by atoms with Gasteiger partial charge in [-0.05, 0) is 31.5 Å². The zero-order valence-electron chi connectivity index (χ0n) is 13.4. The molecule has 0 saturated carbocycles. The van der Waals surface area contributed by atoms with Gasteiger partial charge in [-0.1, -0.05) is 13.0 Å². The summed E-state index contributed by atoms with van der Waals surface area (Å²) in [6.07, 6.45) is 0.294. The second kappa shape index (κ2) is 6.90. The number of anilines is 1. The van der Waals surface area contributed by atoms with Gasteiger partial charge < -0.3 is 14.6 Å². The van der Waals surface area contributed by atoms with Crippen LogP contribution in [0.25, 0.3) is 0 Å². The summed E-state index contributed by atoms with van der Waals surface area (Å²) in [5.41, 5.74) is 1.93. The predicted molar refractivity (Wildman–Crippen MR) is 84.4 cm³/mol. The van der Waals surface area contributed by atoms with E-state index in [-0.39, 0.29) is 23.4 Å². The summed E-state index contributed by atoms with van der Waals surface area (Å²) in [6, 6.07) is 4.78. The van der Waals surface area contributed by atoms with E-state index in [9.17, 15) is 14.0 Å². The van der Waals surface area contributed by atoms with Gasteiger partial charge in [0.15, 0.2) is 0 Å². The van der Waals surface area contributed by atoms with Gasteiger partial charge in [0.25, 0.3) is 0 Å². The Kier molecular flexibility index (Phi) is 5.16. The van der Waals surface area contributed by atoms with Crippen LogP contribution in [0.5, 0.6) is 0 Å². The Morgan fingerprint density at radius 2 is 1.86 bits per heavy atom. The molecule has 1 aliphatic rings. The third-order valence-corrected chi connectivity index (χ3v) is 4.12. The van der Waals surface area contributed by atoms with Crippen molar-refractivity contribution in [3.8, 4) is 0 Å². The lowest BCUT2D eigenvalue weighted by Crippen LogP contribution is -2.50. The maximum atomic E-state index is 13.4. The molecule has 1 aromatic carbocycles. The third kappa shape index (κ3) is 3.84. The molecule has 1 unspecified atom stereocenters. The average molecular weight is 306 g/mol. The van der Waals surface area contributed by atoms with E-state index in [1.165, 1.54) is 13.0 Å². The number of halogens is 1. The van der Waals surface area contributed by atoms with E-state index >= 15 is 0 Å². The Balaban J connectivity index is 1.97. The second-order valence-electron chi connectivity index (χ2n) is 6.05. The third-order valence-electron chi connectivity index (χ3n) is 4.12. The van der Waals surface area contributed by atoms with Crippen molar-refractivity contribution in [2.24, 2.45) is 5.92 Å². The first-order valence-corrected chi connectivity index (χ1v) is 7.68. The molecule has 0 bridgehead atoms. The molecule has 120 valence electrons. The highest BCUT2D eigenvalue weighted by atomic mass is 19.1. The summed E-state index contributed by atoms with van der Waals surface area (Å²) in [4.78, 5) is 27.3. The van der Waals surface area contributed by atoms with Gasteiger partial charge in [0.05, 0.1) is 0 Å². The molecule has 0 aromatic heterocycles. The zero-order valence-corrected chi connectivity index (χ0v) is 13.4. The molecule has 1 aromatic rings. The standard InChI is InChI=1S/C17H23FN2O2/c1-12-4-5-15(18)11-16(12)19-6-8-20(9-7-19)17(22)13(2)10-14(3)21/h4-5,11,13H,6-10H2,1-3H3. The van der Waals surface area contributed by atoms with Gasteiger partial charge in [-0.3, -0.25) is 4.79 Å². The molecule has 0 aliphatic carbocycles. The number of amides is 1. The molecule has 0 N–H and O–H groups in total. The fourth-order valence-corrected chi connectivity index (χ4v) is 2.92. The van der Waals surface area contributed by atoms with Crippen molar-refractivity contribution >= 4 is 17.4 Å². The van der Waals surface area contributed by atoms with Crippen molar-refractivity contribution in [3.05, 3.63) is 29.6 Å². The van der Waals surface area contributed by atoms with Gasteiger partial charge in [0.2, 0.25) is 5.91 Å². The molecule has 22 heavy (non-hydrogen) atoms. The quantitative estimate of drug-likeness (QED) is 0.857. The van der Waals surface area contributed by atoms with Crippen LogP contribution in [-0.4, -0.2) is 42.8 Å². The Bertz CT molecular complexity index is 566. The SMILES string of the molecule is CC(=O)CC(C)C(=O)N1CCN(c2cc(F)ccc2C)CC1. The number of carbonyl (C=O) groups excluding carboxylic acids is 2. The number of rotatable bonds is 4. The van der Waals surface area contributed by atoms with Crippen molar-refractivity contribution in [1.82, 2.24) is 4.90 Å². The zero-order chi connectivity index (χ0) is 16.3. The summed E-state index contributed by atoms with van der Waals surface area (Å²) in [5.74, 6) is -0.435. The van der Waals surface area contributed by atoms with Crippen LogP contribution in [0.3, 0.4) is 0 Å². The number of ketones is 1. The lowest BCUT2D eigenvalue weighted by molar-refractivity contribution is -0.137. The maximum Gasteiger partial charge on any atom is 0.225 e. The fraction of sp³-hybridized carbons (Fsp3) is 0.529. The molecule has 2 rings (SSSR count). The fourth-order valence-electron chi connectivity index (χ4n) is 2.92. The van der Waals surface area contributed by atoms with E-state index in [0.29, 0.717) is 32.6 Å². The maximum absolute atomic E-state index is 13.4. The minimum absolute atomic E-state index is 0.0332. The molecule has 1 atom stereocenters. The molecule has 1 heterocycles. The summed E-state index contributed by atoms with van der Waals surface area (Å²) in [7, 11) is 0. The van der Waals surface area contributed by atoms with Crippen molar-refractivity contribution in [2.45, 2.75) is 27.2 Å². The van der Waals surface area contributed by atoms with Crippen molar-refractivity contribution in [3.63, 3.8) is 0 Å². The molecule has 4 nitrogen and oxygen atoms in total. The molecule has 1 saturated heterocycles. The highest BCUT2D eigenvalue weighted by molar-refractivity contribution is 5.85. The largest absolute Gasteiger partial charge is 0.368 e. The molecule has 1 fully saturated rings. The van der Waals surface area contributed by atoms with E-state index in [1.807, 2.05) is 6.92 Å². The van der Waals surface area contributed by atoms with Gasteiger partial charge >= 0.3 is 0 Å². The molecule has 0 radical (unpaired) electrons. The van der Waals surface area contributed by atoms with E-state index in [4.69, 9.17) is 0 Å². The Morgan fingerprint density at radius 1 is 1.23 bits per heavy atom. The summed E-state index contributed by atoms with van der Waals surface area (Å²) < 4.78 is 13.4. The number of nitrogens with zero attached hydrogens (tertiary/aromatic N) is 2. The van der Waals surface area contributed by atoms with E-state index in [0.717, 1.165) is 11.3 Å². The molecular weight excluding hydrogens is 283 g/mol. The number of benzene rings is 1. The lowest BCUT2D eigenvalue weighted by Gasteiger charge is -2.37. The van der Waals surface area contributed by atoms with E-state index < -0.39 is 0 Å². The molecule has 1 aliphatic heterocycles.